The Balaban J connectivity index is 2.65. The summed E-state index contributed by atoms with van der Waals surface area (Å²) < 4.78 is 5.97. The summed E-state index contributed by atoms with van der Waals surface area (Å²) in [5.74, 6) is -0.585. The Morgan fingerprint density at radius 2 is 2.42 bits per heavy atom. The van der Waals surface area contributed by atoms with E-state index in [1.807, 2.05) is 0 Å². The summed E-state index contributed by atoms with van der Waals surface area (Å²) >= 11 is 10.4. The van der Waals surface area contributed by atoms with Gasteiger partial charge >= 0.3 is 5.97 Å². The molecule has 0 aliphatic rings. The largest absolute Gasteiger partial charge is 0.428 e. The second-order valence-corrected chi connectivity index (χ2v) is 3.08. The summed E-state index contributed by atoms with van der Waals surface area (Å²) in [5.41, 5.74) is 0.323. The van der Waals surface area contributed by atoms with Crippen molar-refractivity contribution in [2.75, 3.05) is 0 Å². The average molecular weight is 209 g/mol. The Labute approximate surface area is 79.0 Å². The number of aryl methyl sites for hydroxylation is 1. The van der Waals surface area contributed by atoms with Crippen LogP contribution in [0, 0.1) is 0 Å². The van der Waals surface area contributed by atoms with Crippen LogP contribution in [0.4, 0.5) is 0 Å². The van der Waals surface area contributed by atoms with Gasteiger partial charge in [-0.2, -0.15) is 5.10 Å². The van der Waals surface area contributed by atoms with Crippen LogP contribution >= 0.6 is 23.2 Å². The molecule has 0 saturated carbocycles. The molecule has 0 aliphatic heterocycles. The second kappa shape index (κ2) is 3.78. The monoisotopic (exact) mass is 208 g/mol. The molecular formula is C6H6Cl2N2O2. The third kappa shape index (κ3) is 2.39. The molecule has 0 atom stereocenters. The summed E-state index contributed by atoms with van der Waals surface area (Å²) in [6.45, 7) is 0. The standard InChI is InChI=1S/C6H6Cl2N2O2/c1-10-3-4(2-9-10)5(11)12-6(7)8/h2-3,6H,1H3. The number of alkyl halides is 2. The normalized spacial score (nSPS) is 10.3. The van der Waals surface area contributed by atoms with Crippen LogP contribution in [0.1, 0.15) is 10.4 Å². The van der Waals surface area contributed by atoms with Gasteiger partial charge in [0.2, 0.25) is 0 Å². The first kappa shape index (κ1) is 9.35. The lowest BCUT2D eigenvalue weighted by molar-refractivity contribution is 0.0536. The van der Waals surface area contributed by atoms with E-state index in [1.54, 1.807) is 7.05 Å². The highest BCUT2D eigenvalue weighted by Gasteiger charge is 2.12. The van der Waals surface area contributed by atoms with E-state index in [-0.39, 0.29) is 0 Å². The SMILES string of the molecule is Cn1cc(C(=O)OC(Cl)Cl)cn1. The van der Waals surface area contributed by atoms with E-state index in [9.17, 15) is 4.79 Å². The van der Waals surface area contributed by atoms with Gasteiger partial charge in [-0.05, 0) is 0 Å². The molecule has 0 saturated heterocycles. The highest BCUT2D eigenvalue weighted by atomic mass is 35.5. The van der Waals surface area contributed by atoms with Gasteiger partial charge < -0.3 is 4.74 Å². The molecule has 0 aliphatic carbocycles. The molecule has 0 amide bonds. The van der Waals surface area contributed by atoms with E-state index >= 15 is 0 Å². The van der Waals surface area contributed by atoms with Crippen LogP contribution in [-0.4, -0.2) is 20.8 Å². The third-order valence-corrected chi connectivity index (χ3v) is 1.31. The van der Waals surface area contributed by atoms with Crippen LogP contribution < -0.4 is 0 Å². The molecule has 1 aromatic rings. The first-order valence-electron chi connectivity index (χ1n) is 3.07. The molecule has 66 valence electrons. The van der Waals surface area contributed by atoms with Crippen LogP contribution in [0.2, 0.25) is 0 Å². The molecule has 1 rings (SSSR count). The average Bonchev–Trinajstić information content (AvgIpc) is 2.34. The third-order valence-electron chi connectivity index (χ3n) is 1.14. The Bertz CT molecular complexity index is 285. The van der Waals surface area contributed by atoms with E-state index in [2.05, 4.69) is 9.84 Å². The van der Waals surface area contributed by atoms with Crippen molar-refractivity contribution in [1.29, 1.82) is 0 Å². The van der Waals surface area contributed by atoms with Crippen LogP contribution in [0.15, 0.2) is 12.4 Å². The Kier molecular flexibility index (Phi) is 2.94. The number of esters is 1. The van der Waals surface area contributed by atoms with Crippen molar-refractivity contribution >= 4 is 29.2 Å². The molecule has 0 spiro atoms. The van der Waals surface area contributed by atoms with E-state index in [0.29, 0.717) is 5.56 Å². The molecule has 0 unspecified atom stereocenters. The molecule has 0 N–H and O–H groups in total. The van der Waals surface area contributed by atoms with Gasteiger partial charge in [-0.25, -0.2) is 4.79 Å². The molecule has 0 radical (unpaired) electrons. The van der Waals surface area contributed by atoms with Gasteiger partial charge in [-0.1, -0.05) is 23.2 Å². The van der Waals surface area contributed by atoms with E-state index < -0.39 is 11.0 Å². The summed E-state index contributed by atoms with van der Waals surface area (Å²) in [4.78, 5) is 11.0. The zero-order valence-electron chi connectivity index (χ0n) is 6.20. The number of hydrogen-bond donors (Lipinski definition) is 0. The van der Waals surface area contributed by atoms with Crippen molar-refractivity contribution in [2.45, 2.75) is 5.02 Å². The van der Waals surface area contributed by atoms with Crippen molar-refractivity contribution in [3.8, 4) is 0 Å². The van der Waals surface area contributed by atoms with Crippen molar-refractivity contribution in [2.24, 2.45) is 7.05 Å². The molecule has 0 bridgehead atoms. The minimum absolute atomic E-state index is 0.323. The van der Waals surface area contributed by atoms with Gasteiger partial charge in [0.25, 0.3) is 5.02 Å². The molecule has 0 fully saturated rings. The van der Waals surface area contributed by atoms with Crippen LogP contribution in [0.5, 0.6) is 0 Å². The van der Waals surface area contributed by atoms with E-state index in [1.165, 1.54) is 17.1 Å². The van der Waals surface area contributed by atoms with Crippen molar-refractivity contribution in [3.63, 3.8) is 0 Å². The number of carbonyl (C=O) groups excluding carboxylic acids is 1. The lowest BCUT2D eigenvalue weighted by Crippen LogP contribution is -2.07. The lowest BCUT2D eigenvalue weighted by Gasteiger charge is -2.00. The number of nitrogens with zero attached hydrogens (tertiary/aromatic N) is 2. The number of rotatable bonds is 2. The summed E-state index contributed by atoms with van der Waals surface area (Å²) in [5, 5.41) is 2.63. The Morgan fingerprint density at radius 1 is 1.75 bits per heavy atom. The fraction of sp³-hybridized carbons (Fsp3) is 0.333. The van der Waals surface area contributed by atoms with Gasteiger partial charge in [0.1, 0.15) is 0 Å². The maximum atomic E-state index is 11.0. The van der Waals surface area contributed by atoms with Gasteiger partial charge in [-0.3, -0.25) is 4.68 Å². The smallest absolute Gasteiger partial charge is 0.343 e. The zero-order valence-corrected chi connectivity index (χ0v) is 7.71. The number of halogens is 2. The van der Waals surface area contributed by atoms with E-state index in [0.717, 1.165) is 0 Å². The number of aromatic nitrogens is 2. The summed E-state index contributed by atoms with van der Waals surface area (Å²) in [6, 6.07) is 0. The minimum Gasteiger partial charge on any atom is -0.428 e. The van der Waals surface area contributed by atoms with Gasteiger partial charge in [-0.15, -0.1) is 0 Å². The van der Waals surface area contributed by atoms with Crippen molar-refractivity contribution in [3.05, 3.63) is 18.0 Å². The number of hydrogen-bond acceptors (Lipinski definition) is 3. The topological polar surface area (TPSA) is 44.1 Å². The van der Waals surface area contributed by atoms with Gasteiger partial charge in [0.05, 0.1) is 11.8 Å². The molecule has 6 heteroatoms. The highest BCUT2D eigenvalue weighted by Crippen LogP contribution is 2.08. The molecule has 1 heterocycles. The maximum absolute atomic E-state index is 11.0. The Morgan fingerprint density at radius 3 is 2.83 bits per heavy atom. The van der Waals surface area contributed by atoms with Crippen molar-refractivity contribution < 1.29 is 9.53 Å². The predicted octanol–water partition coefficient (Wildman–Crippen LogP) is 1.34. The fourth-order valence-electron chi connectivity index (χ4n) is 0.676. The molecule has 1 aromatic heterocycles. The van der Waals surface area contributed by atoms with Crippen molar-refractivity contribution in [1.82, 2.24) is 9.78 Å². The Hall–Kier alpha value is -0.740. The number of ether oxygens (including phenoxy) is 1. The fourth-order valence-corrected chi connectivity index (χ4v) is 0.837. The first-order valence-corrected chi connectivity index (χ1v) is 3.94. The van der Waals surface area contributed by atoms with Gasteiger partial charge in [0, 0.05) is 13.2 Å². The first-order chi connectivity index (χ1) is 5.59. The molecule has 12 heavy (non-hydrogen) atoms. The lowest BCUT2D eigenvalue weighted by atomic mass is 10.4. The van der Waals surface area contributed by atoms with Gasteiger partial charge in [0.15, 0.2) is 0 Å². The maximum Gasteiger partial charge on any atom is 0.343 e. The van der Waals surface area contributed by atoms with Crippen LogP contribution in [-0.2, 0) is 11.8 Å². The second-order valence-electron chi connectivity index (χ2n) is 2.07. The quantitative estimate of drug-likeness (QED) is 0.545. The minimum atomic E-state index is -1.14. The van der Waals surface area contributed by atoms with Crippen LogP contribution in [0.25, 0.3) is 0 Å². The summed E-state index contributed by atoms with van der Waals surface area (Å²) in [7, 11) is 1.69. The molecule has 0 aromatic carbocycles. The molecular weight excluding hydrogens is 203 g/mol. The molecule has 4 nitrogen and oxygen atoms in total. The number of carbonyl (C=O) groups is 1. The van der Waals surface area contributed by atoms with E-state index in [4.69, 9.17) is 23.2 Å². The summed E-state index contributed by atoms with van der Waals surface area (Å²) in [6.07, 6.45) is 2.89. The highest BCUT2D eigenvalue weighted by molar-refractivity contribution is 6.43. The zero-order chi connectivity index (χ0) is 9.14. The predicted molar refractivity (Wildman–Crippen MR) is 44.1 cm³/mol. The van der Waals surface area contributed by atoms with Crippen LogP contribution in [0.3, 0.4) is 0 Å².